The Morgan fingerprint density at radius 3 is 1.98 bits per heavy atom. The molecule has 2 aromatic rings. The summed E-state index contributed by atoms with van der Waals surface area (Å²) in [6.45, 7) is -0.187. The first-order valence-electron chi connectivity index (χ1n) is 14.1. The lowest BCUT2D eigenvalue weighted by molar-refractivity contribution is -0.145. The molecule has 0 saturated carbocycles. The number of aliphatic hydroxyl groups is 1. The molecule has 3 amide bonds. The highest BCUT2D eigenvalue weighted by atomic mass is 35.5. The lowest BCUT2D eigenvalue weighted by Gasteiger charge is -2.42. The maximum absolute atomic E-state index is 13.8. The van der Waals surface area contributed by atoms with Crippen LogP contribution in [0.5, 0.6) is 0 Å². The van der Waals surface area contributed by atoms with E-state index in [0.717, 1.165) is 4.90 Å². The Balaban J connectivity index is 1.56. The van der Waals surface area contributed by atoms with Crippen LogP contribution in [0.2, 0.25) is 10.0 Å². The zero-order chi connectivity index (χ0) is 33.3. The van der Waals surface area contributed by atoms with Crippen molar-refractivity contribution in [3.63, 3.8) is 0 Å². The number of hydrogen-bond donors (Lipinski definition) is 1. The molecule has 0 unspecified atom stereocenters. The Morgan fingerprint density at radius 1 is 0.867 bits per heavy atom. The number of piperidine rings is 2. The van der Waals surface area contributed by atoms with Crippen molar-refractivity contribution in [2.24, 2.45) is 11.8 Å². The molecule has 2 aromatic carbocycles. The second-order valence-corrected chi connectivity index (χ2v) is 12.2. The van der Waals surface area contributed by atoms with Crippen LogP contribution < -0.4 is 0 Å². The van der Waals surface area contributed by atoms with Crippen LogP contribution >= 0.6 is 23.2 Å². The van der Waals surface area contributed by atoms with E-state index in [-0.39, 0.29) is 53.0 Å². The first-order chi connectivity index (χ1) is 21.0. The average molecular weight is 682 g/mol. The number of aliphatic hydroxyl groups excluding tert-OH is 1. The summed E-state index contributed by atoms with van der Waals surface area (Å²) in [4.78, 5) is 43.3. The van der Waals surface area contributed by atoms with Gasteiger partial charge in [0.25, 0.3) is 0 Å². The molecule has 2 aliphatic rings. The molecule has 1 N–H and O–H groups in total. The zero-order valence-electron chi connectivity index (χ0n) is 24.1. The van der Waals surface area contributed by atoms with Crippen LogP contribution in [0.4, 0.5) is 26.3 Å². The predicted molar refractivity (Wildman–Crippen MR) is 153 cm³/mol. The van der Waals surface area contributed by atoms with Crippen molar-refractivity contribution in [3.8, 4) is 0 Å². The number of carbonyl (C=O) groups is 3. The van der Waals surface area contributed by atoms with Gasteiger partial charge in [-0.1, -0.05) is 29.3 Å². The maximum atomic E-state index is 13.8. The number of amides is 3. The van der Waals surface area contributed by atoms with E-state index in [4.69, 9.17) is 28.3 Å². The Bertz CT molecular complexity index is 1400. The van der Waals surface area contributed by atoms with Crippen LogP contribution in [0, 0.1) is 11.8 Å². The summed E-state index contributed by atoms with van der Waals surface area (Å²) >= 11 is 12.4. The molecule has 2 aliphatic heterocycles. The minimum absolute atomic E-state index is 0.0344. The van der Waals surface area contributed by atoms with E-state index in [9.17, 15) is 40.7 Å². The van der Waals surface area contributed by atoms with Gasteiger partial charge in [-0.05, 0) is 60.7 Å². The minimum atomic E-state index is -5.03. The highest BCUT2D eigenvalue weighted by molar-refractivity contribution is 6.42. The van der Waals surface area contributed by atoms with Crippen molar-refractivity contribution < 1.29 is 45.8 Å². The van der Waals surface area contributed by atoms with Gasteiger partial charge in [0, 0.05) is 57.5 Å². The third kappa shape index (κ3) is 8.23. The lowest BCUT2D eigenvalue weighted by Crippen LogP contribution is -2.51. The molecule has 2 saturated heterocycles. The van der Waals surface area contributed by atoms with Crippen LogP contribution in [-0.4, -0.2) is 77.4 Å². The lowest BCUT2D eigenvalue weighted by atomic mass is 9.79. The van der Waals surface area contributed by atoms with Crippen LogP contribution in [0.25, 0.3) is 0 Å². The summed E-state index contributed by atoms with van der Waals surface area (Å²) in [5, 5.41) is 9.59. The van der Waals surface area contributed by atoms with Gasteiger partial charge in [0.2, 0.25) is 17.7 Å². The quantitative estimate of drug-likeness (QED) is 0.388. The van der Waals surface area contributed by atoms with E-state index in [2.05, 4.69) is 0 Å². The van der Waals surface area contributed by atoms with E-state index < -0.39 is 60.3 Å². The fourth-order valence-corrected chi connectivity index (χ4v) is 6.31. The maximum Gasteiger partial charge on any atom is 0.416 e. The number of benzene rings is 2. The van der Waals surface area contributed by atoms with Gasteiger partial charge in [-0.15, -0.1) is 0 Å². The van der Waals surface area contributed by atoms with Gasteiger partial charge in [-0.2, -0.15) is 26.3 Å². The standard InChI is InChI=1S/C30H31Cl2F6N3O4/c1-39(14-17-10-20(29(33,34)35)13-21(11-17)30(36,37)38)28(45)22-6-9-41(15-23(22)19-2-3-24(31)25(32)12-19)27(44)18-4-7-40(8-5-18)26(43)16-42/h2-3,10-13,18,22-23,42H,4-9,14-16H2,1H3/t22-,23+/m1/s1. The number of carbonyl (C=O) groups excluding carboxylic acids is 3. The molecular formula is C30H31Cl2F6N3O4. The van der Waals surface area contributed by atoms with Gasteiger partial charge in [0.05, 0.1) is 21.2 Å². The summed E-state index contributed by atoms with van der Waals surface area (Å²) in [7, 11) is 1.31. The van der Waals surface area contributed by atoms with Gasteiger partial charge in [-0.25, -0.2) is 0 Å². The molecule has 4 rings (SSSR count). The summed E-state index contributed by atoms with van der Waals surface area (Å²) in [6, 6.07) is 6.00. The predicted octanol–water partition coefficient (Wildman–Crippen LogP) is 5.85. The molecule has 15 heteroatoms. The van der Waals surface area contributed by atoms with Crippen molar-refractivity contribution >= 4 is 40.9 Å². The summed E-state index contributed by atoms with van der Waals surface area (Å²) < 4.78 is 80.4. The van der Waals surface area contributed by atoms with E-state index in [1.807, 2.05) is 0 Å². The SMILES string of the molecule is CN(Cc1cc(C(F)(F)F)cc(C(F)(F)F)c1)C(=O)[C@@H]1CCN(C(=O)C2CCN(C(=O)CO)CC2)C[C@H]1c1ccc(Cl)c(Cl)c1. The molecule has 246 valence electrons. The van der Waals surface area contributed by atoms with E-state index in [1.165, 1.54) is 11.9 Å². The van der Waals surface area contributed by atoms with Crippen molar-refractivity contribution in [1.29, 1.82) is 0 Å². The number of rotatable bonds is 6. The molecule has 0 radical (unpaired) electrons. The van der Waals surface area contributed by atoms with Gasteiger partial charge in [-0.3, -0.25) is 14.4 Å². The smallest absolute Gasteiger partial charge is 0.387 e. The van der Waals surface area contributed by atoms with Crippen molar-refractivity contribution in [3.05, 3.63) is 68.7 Å². The topological polar surface area (TPSA) is 81.2 Å². The van der Waals surface area contributed by atoms with Gasteiger partial charge in [0.15, 0.2) is 0 Å². The first kappa shape index (κ1) is 34.8. The van der Waals surface area contributed by atoms with Crippen LogP contribution in [-0.2, 0) is 33.3 Å². The highest BCUT2D eigenvalue weighted by Crippen LogP contribution is 2.39. The number of likely N-dealkylation sites (tertiary alicyclic amines) is 2. The van der Waals surface area contributed by atoms with Crippen molar-refractivity contribution in [2.75, 3.05) is 39.8 Å². The summed E-state index contributed by atoms with van der Waals surface area (Å²) in [5.41, 5.74) is -2.69. The van der Waals surface area contributed by atoms with E-state index >= 15 is 0 Å². The van der Waals surface area contributed by atoms with Gasteiger partial charge in [0.1, 0.15) is 6.61 Å². The van der Waals surface area contributed by atoms with Gasteiger partial charge < -0.3 is 19.8 Å². The van der Waals surface area contributed by atoms with Crippen LogP contribution in [0.15, 0.2) is 36.4 Å². The Hall–Kier alpha value is -3.03. The molecule has 2 atom stereocenters. The van der Waals surface area contributed by atoms with Crippen molar-refractivity contribution in [1.82, 2.24) is 14.7 Å². The molecule has 0 bridgehead atoms. The summed E-state index contributed by atoms with van der Waals surface area (Å²) in [5.74, 6) is -2.83. The number of hydrogen-bond acceptors (Lipinski definition) is 4. The largest absolute Gasteiger partial charge is 0.416 e. The molecule has 7 nitrogen and oxygen atoms in total. The molecule has 0 aromatic heterocycles. The van der Waals surface area contributed by atoms with Crippen LogP contribution in [0.1, 0.15) is 47.4 Å². The molecular weight excluding hydrogens is 651 g/mol. The average Bonchev–Trinajstić information content (AvgIpc) is 3.00. The highest BCUT2D eigenvalue weighted by Gasteiger charge is 2.41. The number of alkyl halides is 6. The Kier molecular flexibility index (Phi) is 10.7. The van der Waals surface area contributed by atoms with Crippen molar-refractivity contribution in [2.45, 2.75) is 44.1 Å². The molecule has 45 heavy (non-hydrogen) atoms. The minimum Gasteiger partial charge on any atom is -0.387 e. The third-order valence-corrected chi connectivity index (χ3v) is 9.13. The molecule has 2 fully saturated rings. The van der Waals surface area contributed by atoms with Crippen LogP contribution in [0.3, 0.4) is 0 Å². The normalized spacial score (nSPS) is 19.9. The fourth-order valence-electron chi connectivity index (χ4n) is 6.01. The van der Waals surface area contributed by atoms with E-state index in [1.54, 1.807) is 23.1 Å². The monoisotopic (exact) mass is 681 g/mol. The summed E-state index contributed by atoms with van der Waals surface area (Å²) in [6.07, 6.45) is -9.07. The number of nitrogens with zero attached hydrogens (tertiary/aromatic N) is 3. The van der Waals surface area contributed by atoms with Gasteiger partial charge >= 0.3 is 12.4 Å². The molecule has 0 aliphatic carbocycles. The second kappa shape index (κ2) is 13.8. The Morgan fingerprint density at radius 2 is 1.44 bits per heavy atom. The number of halogens is 8. The third-order valence-electron chi connectivity index (χ3n) is 8.39. The van der Waals surface area contributed by atoms with E-state index in [0.29, 0.717) is 43.6 Å². The zero-order valence-corrected chi connectivity index (χ0v) is 25.6. The molecule has 0 spiro atoms. The first-order valence-corrected chi connectivity index (χ1v) is 14.9. The second-order valence-electron chi connectivity index (χ2n) is 11.4. The Labute approximate surface area is 265 Å². The fraction of sp³-hybridized carbons (Fsp3) is 0.500. The molecule has 2 heterocycles.